The second-order valence-corrected chi connectivity index (χ2v) is 8.35. The Morgan fingerprint density at radius 2 is 1.73 bits per heavy atom. The molecule has 1 aromatic heterocycles. The van der Waals surface area contributed by atoms with Crippen LogP contribution in [0.1, 0.15) is 13.8 Å². The van der Waals surface area contributed by atoms with Crippen LogP contribution in [0.2, 0.25) is 0 Å². The molecule has 1 saturated heterocycles. The number of piperazine rings is 1. The van der Waals surface area contributed by atoms with Gasteiger partial charge in [-0.15, -0.1) is 0 Å². The van der Waals surface area contributed by atoms with E-state index >= 15 is 0 Å². The molecule has 1 aliphatic rings. The summed E-state index contributed by atoms with van der Waals surface area (Å²) in [6, 6.07) is 5.97. The fourth-order valence-electron chi connectivity index (χ4n) is 2.61. The van der Waals surface area contributed by atoms with Gasteiger partial charge in [0.15, 0.2) is 0 Å². The normalized spacial score (nSPS) is 16.9. The molecule has 9 nitrogen and oxygen atoms in total. The maximum Gasteiger partial charge on any atom is 0.444 e. The van der Waals surface area contributed by atoms with E-state index in [1.165, 1.54) is 28.6 Å². The van der Waals surface area contributed by atoms with E-state index in [1.807, 2.05) is 7.05 Å². The fraction of sp³-hybridized carbons (Fsp3) is 0.500. The molecule has 0 atom stereocenters. The highest BCUT2D eigenvalue weighted by Crippen LogP contribution is 2.19. The monoisotopic (exact) mass is 382 g/mol. The maximum absolute atomic E-state index is 12.7. The summed E-state index contributed by atoms with van der Waals surface area (Å²) in [7, 11) is -1.59. The molecule has 0 bridgehead atoms. The number of aromatic nitrogens is 2. The lowest BCUT2D eigenvalue weighted by atomic mass is 10.3. The van der Waals surface area contributed by atoms with Gasteiger partial charge in [0.1, 0.15) is 0 Å². The van der Waals surface area contributed by atoms with E-state index in [9.17, 15) is 13.2 Å². The lowest BCUT2D eigenvalue weighted by Crippen LogP contribution is -2.46. The van der Waals surface area contributed by atoms with Gasteiger partial charge < -0.3 is 14.1 Å². The first-order valence-electron chi connectivity index (χ1n) is 8.33. The summed E-state index contributed by atoms with van der Waals surface area (Å²) in [6.07, 6.45) is -0.309. The van der Waals surface area contributed by atoms with Crippen molar-refractivity contribution in [2.45, 2.75) is 24.8 Å². The number of hydrogen-bond acceptors (Lipinski definition) is 7. The average Bonchev–Trinajstić information content (AvgIpc) is 2.95. The van der Waals surface area contributed by atoms with Gasteiger partial charge in [-0.25, -0.2) is 13.2 Å². The lowest BCUT2D eigenvalue weighted by Gasteiger charge is -2.31. The van der Waals surface area contributed by atoms with Crippen LogP contribution < -0.4 is 10.5 Å². The third-order valence-electron chi connectivity index (χ3n) is 4.05. The molecule has 142 valence electrons. The number of benzene rings is 1. The van der Waals surface area contributed by atoms with Crippen LogP contribution in [0.15, 0.2) is 38.4 Å². The van der Waals surface area contributed by atoms with Gasteiger partial charge in [0.05, 0.1) is 16.7 Å². The molecule has 2 aromatic rings. The largest absolute Gasteiger partial charge is 0.446 e. The van der Waals surface area contributed by atoms with Crippen molar-refractivity contribution >= 4 is 10.0 Å². The highest BCUT2D eigenvalue weighted by molar-refractivity contribution is 7.89. The second kappa shape index (κ2) is 7.22. The highest BCUT2D eigenvalue weighted by Gasteiger charge is 2.27. The minimum absolute atomic E-state index is 0.126. The Morgan fingerprint density at radius 1 is 1.12 bits per heavy atom. The van der Waals surface area contributed by atoms with Crippen LogP contribution in [0.5, 0.6) is 6.08 Å². The smallest absolute Gasteiger partial charge is 0.444 e. The van der Waals surface area contributed by atoms with E-state index in [4.69, 9.17) is 9.15 Å². The van der Waals surface area contributed by atoms with Gasteiger partial charge in [-0.1, -0.05) is 5.10 Å². The van der Waals surface area contributed by atoms with E-state index in [-0.39, 0.29) is 17.1 Å². The second-order valence-electron chi connectivity index (χ2n) is 6.41. The maximum atomic E-state index is 12.7. The van der Waals surface area contributed by atoms with Crippen molar-refractivity contribution in [2.24, 2.45) is 0 Å². The summed E-state index contributed by atoms with van der Waals surface area (Å²) in [4.78, 5) is 14.2. The Kier molecular flexibility index (Phi) is 5.17. The van der Waals surface area contributed by atoms with Crippen LogP contribution in [0.4, 0.5) is 0 Å². The number of likely N-dealkylation sites (N-methyl/N-ethyl adjacent to an activating group) is 1. The molecule has 0 radical (unpaired) electrons. The lowest BCUT2D eigenvalue weighted by molar-refractivity contribution is 0.172. The zero-order valence-electron chi connectivity index (χ0n) is 15.0. The van der Waals surface area contributed by atoms with Crippen molar-refractivity contribution in [3.05, 3.63) is 34.8 Å². The molecule has 26 heavy (non-hydrogen) atoms. The van der Waals surface area contributed by atoms with Crippen molar-refractivity contribution in [2.75, 3.05) is 33.2 Å². The van der Waals surface area contributed by atoms with Gasteiger partial charge in [0.25, 0.3) is 0 Å². The molecular formula is C16H22N4O5S. The summed E-state index contributed by atoms with van der Waals surface area (Å²) in [5.41, 5.74) is 0.398. The Bertz CT molecular complexity index is 909. The molecule has 3 rings (SSSR count). The van der Waals surface area contributed by atoms with Crippen molar-refractivity contribution in [3.63, 3.8) is 0 Å². The third kappa shape index (κ3) is 3.81. The van der Waals surface area contributed by atoms with Gasteiger partial charge in [-0.3, -0.25) is 0 Å². The van der Waals surface area contributed by atoms with Gasteiger partial charge in [-0.05, 0) is 45.2 Å². The molecule has 1 aliphatic heterocycles. The van der Waals surface area contributed by atoms with E-state index < -0.39 is 15.8 Å². The topological polar surface area (TPSA) is 97.9 Å². The summed E-state index contributed by atoms with van der Waals surface area (Å²) in [5, 5.41) is 3.96. The quantitative estimate of drug-likeness (QED) is 0.745. The molecule has 0 saturated carbocycles. The van der Waals surface area contributed by atoms with Crippen LogP contribution in [-0.4, -0.2) is 66.7 Å². The summed E-state index contributed by atoms with van der Waals surface area (Å²) in [6.45, 7) is 5.89. The highest BCUT2D eigenvalue weighted by atomic mass is 32.2. The van der Waals surface area contributed by atoms with Crippen molar-refractivity contribution in [1.29, 1.82) is 0 Å². The van der Waals surface area contributed by atoms with E-state index in [0.29, 0.717) is 31.9 Å². The molecule has 2 heterocycles. The Labute approximate surface area is 151 Å². The minimum Gasteiger partial charge on any atom is -0.446 e. The van der Waals surface area contributed by atoms with Crippen LogP contribution in [0.25, 0.3) is 5.69 Å². The van der Waals surface area contributed by atoms with Crippen molar-refractivity contribution in [3.8, 4) is 11.8 Å². The van der Waals surface area contributed by atoms with Crippen LogP contribution in [0, 0.1) is 0 Å². The molecule has 0 N–H and O–H groups in total. The molecule has 0 amide bonds. The number of sulfonamides is 1. The van der Waals surface area contributed by atoms with E-state index in [2.05, 4.69) is 10.00 Å². The van der Waals surface area contributed by atoms with E-state index in [1.54, 1.807) is 13.8 Å². The van der Waals surface area contributed by atoms with Crippen LogP contribution in [-0.2, 0) is 10.0 Å². The molecule has 1 fully saturated rings. The predicted octanol–water partition coefficient (Wildman–Crippen LogP) is 0.549. The number of nitrogens with zero attached hydrogens (tertiary/aromatic N) is 4. The van der Waals surface area contributed by atoms with Gasteiger partial charge in [-0.2, -0.15) is 8.99 Å². The first-order valence-corrected chi connectivity index (χ1v) is 9.77. The first-order chi connectivity index (χ1) is 12.3. The molecule has 0 unspecified atom stereocenters. The number of rotatable bonds is 5. The predicted molar refractivity (Wildman–Crippen MR) is 94.1 cm³/mol. The van der Waals surface area contributed by atoms with Gasteiger partial charge in [0.2, 0.25) is 10.0 Å². The summed E-state index contributed by atoms with van der Waals surface area (Å²) >= 11 is 0. The average molecular weight is 382 g/mol. The number of ether oxygens (including phenoxy) is 1. The third-order valence-corrected chi connectivity index (χ3v) is 5.96. The molecule has 0 spiro atoms. The SMILES string of the molecule is CC(C)Oc1nn(-c2ccc(S(=O)(=O)N3CCN(C)CC3)cc2)c(=O)o1. The van der Waals surface area contributed by atoms with Crippen molar-refractivity contribution in [1.82, 2.24) is 19.0 Å². The van der Waals surface area contributed by atoms with Crippen LogP contribution in [0.3, 0.4) is 0 Å². The van der Waals surface area contributed by atoms with Crippen molar-refractivity contribution < 1.29 is 17.6 Å². The van der Waals surface area contributed by atoms with Gasteiger partial charge >= 0.3 is 11.8 Å². The number of hydrogen-bond donors (Lipinski definition) is 0. The Balaban J connectivity index is 1.82. The Hall–Kier alpha value is -2.17. The van der Waals surface area contributed by atoms with E-state index in [0.717, 1.165) is 4.68 Å². The summed E-state index contributed by atoms with van der Waals surface area (Å²) < 4.78 is 38.1. The first kappa shape index (κ1) is 18.6. The summed E-state index contributed by atoms with van der Waals surface area (Å²) in [5.74, 6) is -0.699. The minimum atomic E-state index is -3.55. The molecule has 0 aliphatic carbocycles. The van der Waals surface area contributed by atoms with Gasteiger partial charge in [0, 0.05) is 26.2 Å². The zero-order chi connectivity index (χ0) is 18.9. The molecule has 1 aromatic carbocycles. The fourth-order valence-corrected chi connectivity index (χ4v) is 4.03. The molecular weight excluding hydrogens is 360 g/mol. The Morgan fingerprint density at radius 3 is 2.31 bits per heavy atom. The molecule has 10 heteroatoms. The zero-order valence-corrected chi connectivity index (χ0v) is 15.8. The van der Waals surface area contributed by atoms with Crippen LogP contribution >= 0.6 is 0 Å². The standard InChI is InChI=1S/C16H22N4O5S/c1-12(2)24-15-17-20(16(21)25-15)13-4-6-14(7-5-13)26(22,23)19-10-8-18(3)9-11-19/h4-7,12H,8-11H2,1-3H3.